The first-order valence-corrected chi connectivity index (χ1v) is 9.29. The molecule has 3 rings (SSSR count). The fourth-order valence-corrected chi connectivity index (χ4v) is 4.17. The fourth-order valence-electron chi connectivity index (χ4n) is 3.50. The maximum absolute atomic E-state index is 9.27. The van der Waals surface area contributed by atoms with E-state index in [4.69, 9.17) is 4.74 Å². The largest absolute Gasteiger partial charge is 0.487 e. The van der Waals surface area contributed by atoms with Crippen LogP contribution in [0.1, 0.15) is 43.7 Å². The Morgan fingerprint density at radius 3 is 2.90 bits per heavy atom. The number of para-hydroxylation sites is 1. The maximum Gasteiger partial charge on any atom is 0.124 e. The predicted molar refractivity (Wildman–Crippen MR) is 88.0 cm³/mol. The third-order valence-electron chi connectivity index (χ3n) is 4.74. The standard InChI is InChI=1S/C17H25NO2S/c1-21-12-13(7-10-19)18-15-11-17(8-4-9-17)20-16-6-3-2-5-14(15)16/h2-3,5-6,13,15,18-19H,4,7-12H2,1H3. The Kier molecular flexibility index (Phi) is 4.77. The van der Waals surface area contributed by atoms with Crippen molar-refractivity contribution in [1.82, 2.24) is 5.32 Å². The highest BCUT2D eigenvalue weighted by Crippen LogP contribution is 2.48. The first-order chi connectivity index (χ1) is 10.3. The van der Waals surface area contributed by atoms with Gasteiger partial charge in [0.05, 0.1) is 0 Å². The van der Waals surface area contributed by atoms with Crippen molar-refractivity contribution >= 4 is 11.8 Å². The highest BCUT2D eigenvalue weighted by molar-refractivity contribution is 7.98. The van der Waals surface area contributed by atoms with Gasteiger partial charge >= 0.3 is 0 Å². The zero-order chi connectivity index (χ0) is 14.7. The van der Waals surface area contributed by atoms with Crippen LogP contribution in [0.5, 0.6) is 5.75 Å². The molecule has 0 aromatic heterocycles. The number of ether oxygens (including phenoxy) is 1. The number of aliphatic hydroxyl groups excluding tert-OH is 1. The molecule has 21 heavy (non-hydrogen) atoms. The molecular formula is C17H25NO2S. The van der Waals surface area contributed by atoms with Crippen molar-refractivity contribution in [1.29, 1.82) is 0 Å². The monoisotopic (exact) mass is 307 g/mol. The van der Waals surface area contributed by atoms with Crippen LogP contribution in [0.15, 0.2) is 24.3 Å². The van der Waals surface area contributed by atoms with Gasteiger partial charge in [0.1, 0.15) is 11.4 Å². The highest BCUT2D eigenvalue weighted by atomic mass is 32.2. The molecule has 0 radical (unpaired) electrons. The lowest BCUT2D eigenvalue weighted by Crippen LogP contribution is -2.50. The summed E-state index contributed by atoms with van der Waals surface area (Å²) in [6.07, 6.45) is 7.62. The molecule has 4 heteroatoms. The minimum atomic E-state index is 0.0646. The Morgan fingerprint density at radius 1 is 1.43 bits per heavy atom. The number of fused-ring (bicyclic) bond motifs is 1. The Bertz CT molecular complexity index is 470. The topological polar surface area (TPSA) is 41.5 Å². The smallest absolute Gasteiger partial charge is 0.124 e. The summed E-state index contributed by atoms with van der Waals surface area (Å²) in [6.45, 7) is 0.244. The van der Waals surface area contributed by atoms with Crippen molar-refractivity contribution in [3.8, 4) is 5.75 Å². The molecule has 1 spiro atoms. The van der Waals surface area contributed by atoms with Crippen molar-refractivity contribution in [3.05, 3.63) is 29.8 Å². The van der Waals surface area contributed by atoms with E-state index in [1.807, 2.05) is 11.8 Å². The van der Waals surface area contributed by atoms with E-state index in [1.54, 1.807) is 0 Å². The summed E-state index contributed by atoms with van der Waals surface area (Å²) < 4.78 is 6.29. The first-order valence-electron chi connectivity index (χ1n) is 7.90. The lowest BCUT2D eigenvalue weighted by atomic mass is 9.73. The van der Waals surface area contributed by atoms with Gasteiger partial charge in [-0.25, -0.2) is 0 Å². The number of thioether (sulfide) groups is 1. The van der Waals surface area contributed by atoms with E-state index in [1.165, 1.54) is 24.8 Å². The normalized spacial score (nSPS) is 24.0. The van der Waals surface area contributed by atoms with Crippen LogP contribution in [0.3, 0.4) is 0 Å². The van der Waals surface area contributed by atoms with E-state index in [0.717, 1.165) is 24.3 Å². The van der Waals surface area contributed by atoms with Gasteiger partial charge in [-0.15, -0.1) is 0 Å². The summed E-state index contributed by atoms with van der Waals surface area (Å²) in [5.41, 5.74) is 1.34. The van der Waals surface area contributed by atoms with E-state index in [9.17, 15) is 5.11 Å². The molecule has 116 valence electrons. The number of hydrogen-bond acceptors (Lipinski definition) is 4. The third kappa shape index (κ3) is 3.22. The van der Waals surface area contributed by atoms with Gasteiger partial charge in [0.15, 0.2) is 0 Å². The number of hydrogen-bond donors (Lipinski definition) is 2. The van der Waals surface area contributed by atoms with Crippen LogP contribution in [-0.4, -0.2) is 35.4 Å². The van der Waals surface area contributed by atoms with Crippen LogP contribution in [0, 0.1) is 0 Å². The molecule has 0 bridgehead atoms. The predicted octanol–water partition coefficient (Wildman–Crippen LogP) is 3.14. The zero-order valence-corrected chi connectivity index (χ0v) is 13.5. The molecule has 2 N–H and O–H groups in total. The van der Waals surface area contributed by atoms with Crippen molar-refractivity contribution in [2.24, 2.45) is 0 Å². The van der Waals surface area contributed by atoms with Crippen LogP contribution in [-0.2, 0) is 0 Å². The average molecular weight is 307 g/mol. The van der Waals surface area contributed by atoms with Gasteiger partial charge in [-0.3, -0.25) is 0 Å². The lowest BCUT2D eigenvalue weighted by molar-refractivity contribution is -0.0379. The molecule has 0 saturated heterocycles. The summed E-state index contributed by atoms with van der Waals surface area (Å²) in [5, 5.41) is 13.1. The number of nitrogens with one attached hydrogen (secondary N) is 1. The van der Waals surface area contributed by atoms with Crippen molar-refractivity contribution in [3.63, 3.8) is 0 Å². The van der Waals surface area contributed by atoms with Crippen molar-refractivity contribution in [2.75, 3.05) is 18.6 Å². The van der Waals surface area contributed by atoms with Gasteiger partial charge < -0.3 is 15.2 Å². The first kappa shape index (κ1) is 15.2. The summed E-state index contributed by atoms with van der Waals surface area (Å²) in [6, 6.07) is 9.12. The summed E-state index contributed by atoms with van der Waals surface area (Å²) in [7, 11) is 0. The Morgan fingerprint density at radius 2 is 2.24 bits per heavy atom. The zero-order valence-electron chi connectivity index (χ0n) is 12.7. The van der Waals surface area contributed by atoms with Gasteiger partial charge in [-0.1, -0.05) is 18.2 Å². The van der Waals surface area contributed by atoms with Gasteiger partial charge in [0.25, 0.3) is 0 Å². The summed E-state index contributed by atoms with van der Waals surface area (Å²) in [5.74, 6) is 2.08. The quantitative estimate of drug-likeness (QED) is 0.847. The lowest BCUT2D eigenvalue weighted by Gasteiger charge is -2.48. The van der Waals surface area contributed by atoms with Gasteiger partial charge in [-0.05, 0) is 38.0 Å². The second kappa shape index (κ2) is 6.59. The molecule has 1 heterocycles. The number of benzene rings is 1. The van der Waals surface area contributed by atoms with Crippen LogP contribution < -0.4 is 10.1 Å². The average Bonchev–Trinajstić information content (AvgIpc) is 2.46. The van der Waals surface area contributed by atoms with Crippen LogP contribution in [0.2, 0.25) is 0 Å². The van der Waals surface area contributed by atoms with Gasteiger partial charge in [0, 0.05) is 36.4 Å². The molecular weight excluding hydrogens is 282 g/mol. The second-order valence-corrected chi connectivity index (χ2v) is 7.18. The van der Waals surface area contributed by atoms with E-state index in [2.05, 4.69) is 35.8 Å². The molecule has 2 atom stereocenters. The van der Waals surface area contributed by atoms with Crippen molar-refractivity contribution in [2.45, 2.75) is 49.8 Å². The molecule has 2 aliphatic rings. The Hall–Kier alpha value is -0.710. The molecule has 1 saturated carbocycles. The van der Waals surface area contributed by atoms with Gasteiger partial charge in [0.2, 0.25) is 0 Å². The molecule has 3 nitrogen and oxygen atoms in total. The Labute approximate surface area is 131 Å². The molecule has 1 aromatic rings. The molecule has 1 fully saturated rings. The SMILES string of the molecule is CSCC(CCO)NC1CC2(CCC2)Oc2ccccc21. The van der Waals surface area contributed by atoms with Crippen LogP contribution in [0.25, 0.3) is 0 Å². The van der Waals surface area contributed by atoms with Crippen molar-refractivity contribution < 1.29 is 9.84 Å². The summed E-state index contributed by atoms with van der Waals surface area (Å²) >= 11 is 1.83. The summed E-state index contributed by atoms with van der Waals surface area (Å²) in [4.78, 5) is 0. The molecule has 0 amide bonds. The van der Waals surface area contributed by atoms with E-state index >= 15 is 0 Å². The van der Waals surface area contributed by atoms with E-state index in [0.29, 0.717) is 12.1 Å². The molecule has 1 aromatic carbocycles. The molecule has 1 aliphatic heterocycles. The molecule has 2 unspecified atom stereocenters. The third-order valence-corrected chi connectivity index (χ3v) is 5.48. The van der Waals surface area contributed by atoms with Gasteiger partial charge in [-0.2, -0.15) is 11.8 Å². The van der Waals surface area contributed by atoms with E-state index in [-0.39, 0.29) is 12.2 Å². The molecule has 1 aliphatic carbocycles. The minimum absolute atomic E-state index is 0.0646. The number of aliphatic hydroxyl groups is 1. The minimum Gasteiger partial charge on any atom is -0.487 e. The maximum atomic E-state index is 9.27. The second-order valence-electron chi connectivity index (χ2n) is 6.26. The van der Waals surface area contributed by atoms with Crippen LogP contribution in [0.4, 0.5) is 0 Å². The number of rotatable bonds is 6. The Balaban J connectivity index is 1.79. The fraction of sp³-hybridized carbons (Fsp3) is 0.647. The van der Waals surface area contributed by atoms with E-state index < -0.39 is 0 Å². The van der Waals surface area contributed by atoms with Crippen LogP contribution >= 0.6 is 11.8 Å². The highest BCUT2D eigenvalue weighted by Gasteiger charge is 2.45.